The van der Waals surface area contributed by atoms with E-state index in [4.69, 9.17) is 27.9 Å². The lowest BCUT2D eigenvalue weighted by Crippen LogP contribution is -2.42. The highest BCUT2D eigenvalue weighted by atomic mass is 35.5. The quantitative estimate of drug-likeness (QED) is 0.714. The highest BCUT2D eigenvalue weighted by Gasteiger charge is 2.24. The number of hydrogen-bond donors (Lipinski definition) is 2. The molecule has 0 spiro atoms. The van der Waals surface area contributed by atoms with E-state index in [1.165, 1.54) is 32.2 Å². The van der Waals surface area contributed by atoms with Crippen LogP contribution in [0.1, 0.15) is 24.2 Å². The largest absolute Gasteiger partial charge is 0.451 e. The van der Waals surface area contributed by atoms with Crippen LogP contribution in [0.3, 0.4) is 0 Å². The molecular formula is C18H17Cl2N3O4. The zero-order valence-corrected chi connectivity index (χ0v) is 16.0. The summed E-state index contributed by atoms with van der Waals surface area (Å²) in [7, 11) is 0. The number of pyridine rings is 1. The topological polar surface area (TPSA) is 97.4 Å². The van der Waals surface area contributed by atoms with E-state index in [9.17, 15) is 14.4 Å². The monoisotopic (exact) mass is 409 g/mol. The Hall–Kier alpha value is -2.64. The molecule has 0 unspecified atom stereocenters. The summed E-state index contributed by atoms with van der Waals surface area (Å²) in [6, 6.07) is 8.54. The number of benzene rings is 1. The molecule has 0 fully saturated rings. The van der Waals surface area contributed by atoms with E-state index < -0.39 is 29.9 Å². The number of rotatable bonds is 6. The van der Waals surface area contributed by atoms with Crippen molar-refractivity contribution in [2.24, 2.45) is 0 Å². The zero-order valence-electron chi connectivity index (χ0n) is 14.5. The van der Waals surface area contributed by atoms with E-state index in [0.717, 1.165) is 0 Å². The fourth-order valence-electron chi connectivity index (χ4n) is 1.99. The lowest BCUT2D eigenvalue weighted by Gasteiger charge is -2.17. The van der Waals surface area contributed by atoms with Crippen molar-refractivity contribution in [1.82, 2.24) is 10.3 Å². The molecule has 1 aromatic carbocycles. The molecule has 2 aromatic rings. The molecule has 0 radical (unpaired) electrons. The Labute approximate surface area is 166 Å². The molecule has 2 rings (SSSR count). The summed E-state index contributed by atoms with van der Waals surface area (Å²) >= 11 is 11.7. The second kappa shape index (κ2) is 9.34. The number of hydrogen-bond acceptors (Lipinski definition) is 5. The van der Waals surface area contributed by atoms with Crippen molar-refractivity contribution in [2.45, 2.75) is 26.0 Å². The number of carbonyl (C=O) groups is 3. The van der Waals surface area contributed by atoms with Gasteiger partial charge in [-0.05, 0) is 38.1 Å². The molecule has 1 aromatic heterocycles. The van der Waals surface area contributed by atoms with Gasteiger partial charge in [-0.25, -0.2) is 9.78 Å². The number of esters is 1. The van der Waals surface area contributed by atoms with Crippen molar-refractivity contribution in [2.75, 3.05) is 5.32 Å². The summed E-state index contributed by atoms with van der Waals surface area (Å²) in [5.41, 5.74) is 0.235. The van der Waals surface area contributed by atoms with Crippen molar-refractivity contribution in [3.63, 3.8) is 0 Å². The van der Waals surface area contributed by atoms with Crippen molar-refractivity contribution < 1.29 is 19.1 Å². The first-order valence-corrected chi connectivity index (χ1v) is 8.72. The molecule has 2 N–H and O–H groups in total. The second-order valence-corrected chi connectivity index (χ2v) is 6.45. The molecule has 1 heterocycles. The Balaban J connectivity index is 1.89. The minimum Gasteiger partial charge on any atom is -0.451 e. The molecule has 0 aliphatic carbocycles. The smallest absolute Gasteiger partial charge is 0.329 e. The average molecular weight is 410 g/mol. The summed E-state index contributed by atoms with van der Waals surface area (Å²) in [6.45, 7) is 2.86. The van der Waals surface area contributed by atoms with Crippen LogP contribution in [0.4, 0.5) is 5.82 Å². The fraction of sp³-hybridized carbons (Fsp3) is 0.222. The van der Waals surface area contributed by atoms with Crippen LogP contribution in [0.25, 0.3) is 0 Å². The van der Waals surface area contributed by atoms with Crippen molar-refractivity contribution in [3.8, 4) is 0 Å². The second-order valence-electron chi connectivity index (χ2n) is 5.61. The molecule has 2 atom stereocenters. The Morgan fingerprint density at radius 1 is 1.07 bits per heavy atom. The van der Waals surface area contributed by atoms with Crippen molar-refractivity contribution in [1.29, 1.82) is 0 Å². The molecule has 9 heteroatoms. The van der Waals surface area contributed by atoms with Crippen LogP contribution in [0.2, 0.25) is 10.0 Å². The summed E-state index contributed by atoms with van der Waals surface area (Å²) in [5.74, 6) is -1.58. The molecule has 0 aliphatic rings. The molecule has 2 amide bonds. The normalized spacial score (nSPS) is 12.6. The predicted octanol–water partition coefficient (Wildman–Crippen LogP) is 3.08. The average Bonchev–Trinajstić information content (AvgIpc) is 2.63. The SMILES string of the molecule is C[C@H](NC(=O)c1ccccc1Cl)C(=O)O[C@@H](C)C(=O)Nc1ccc(Cl)cn1. The zero-order chi connectivity index (χ0) is 20.0. The third kappa shape index (κ3) is 5.94. The first-order chi connectivity index (χ1) is 12.8. The predicted molar refractivity (Wildman–Crippen MR) is 102 cm³/mol. The number of amides is 2. The van der Waals surface area contributed by atoms with Gasteiger partial charge in [0, 0.05) is 6.20 Å². The molecule has 7 nitrogen and oxygen atoms in total. The van der Waals surface area contributed by atoms with Gasteiger partial charge >= 0.3 is 5.97 Å². The minimum absolute atomic E-state index is 0.235. The van der Waals surface area contributed by atoms with Crippen molar-refractivity contribution >= 4 is 46.8 Å². The van der Waals surface area contributed by atoms with Gasteiger partial charge in [-0.15, -0.1) is 0 Å². The molecule has 0 saturated carbocycles. The molecule has 142 valence electrons. The van der Waals surface area contributed by atoms with E-state index in [-0.39, 0.29) is 16.4 Å². The van der Waals surface area contributed by atoms with E-state index in [2.05, 4.69) is 15.6 Å². The van der Waals surface area contributed by atoms with Gasteiger partial charge in [0.25, 0.3) is 11.8 Å². The van der Waals surface area contributed by atoms with E-state index in [1.54, 1.807) is 24.3 Å². The lowest BCUT2D eigenvalue weighted by atomic mass is 10.2. The van der Waals surface area contributed by atoms with Crippen LogP contribution in [0.5, 0.6) is 0 Å². The number of anilines is 1. The number of ether oxygens (including phenoxy) is 1. The fourth-order valence-corrected chi connectivity index (χ4v) is 2.32. The van der Waals surface area contributed by atoms with Gasteiger partial charge in [0.2, 0.25) is 0 Å². The summed E-state index contributed by atoms with van der Waals surface area (Å²) in [6.07, 6.45) is 0.287. The first kappa shape index (κ1) is 20.7. The number of nitrogens with one attached hydrogen (secondary N) is 2. The molecule has 0 saturated heterocycles. The maximum absolute atomic E-state index is 12.2. The van der Waals surface area contributed by atoms with Gasteiger partial charge in [0.05, 0.1) is 15.6 Å². The van der Waals surface area contributed by atoms with Gasteiger partial charge in [0.15, 0.2) is 6.10 Å². The number of carbonyl (C=O) groups excluding carboxylic acids is 3. The maximum atomic E-state index is 12.2. The Bertz CT molecular complexity index is 843. The Morgan fingerprint density at radius 3 is 2.41 bits per heavy atom. The van der Waals surface area contributed by atoms with Crippen LogP contribution >= 0.6 is 23.2 Å². The van der Waals surface area contributed by atoms with Crippen LogP contribution in [-0.4, -0.2) is 34.9 Å². The third-order valence-electron chi connectivity index (χ3n) is 3.46. The van der Waals surface area contributed by atoms with Gasteiger partial charge in [0.1, 0.15) is 11.9 Å². The summed E-state index contributed by atoms with van der Waals surface area (Å²) < 4.78 is 5.08. The number of aromatic nitrogens is 1. The van der Waals surface area contributed by atoms with Crippen LogP contribution in [-0.2, 0) is 14.3 Å². The van der Waals surface area contributed by atoms with Crippen LogP contribution in [0, 0.1) is 0 Å². The Morgan fingerprint density at radius 2 is 1.78 bits per heavy atom. The van der Waals surface area contributed by atoms with Gasteiger partial charge < -0.3 is 15.4 Å². The Kier molecular flexibility index (Phi) is 7.15. The highest BCUT2D eigenvalue weighted by Crippen LogP contribution is 2.15. The number of halogens is 2. The third-order valence-corrected chi connectivity index (χ3v) is 4.01. The van der Waals surface area contributed by atoms with Gasteiger partial charge in [-0.1, -0.05) is 35.3 Å². The van der Waals surface area contributed by atoms with E-state index in [1.807, 2.05) is 0 Å². The van der Waals surface area contributed by atoms with Crippen LogP contribution < -0.4 is 10.6 Å². The molecular weight excluding hydrogens is 393 g/mol. The minimum atomic E-state index is -1.09. The van der Waals surface area contributed by atoms with Gasteiger partial charge in [-0.2, -0.15) is 0 Å². The summed E-state index contributed by atoms with van der Waals surface area (Å²) in [5, 5.41) is 5.67. The first-order valence-electron chi connectivity index (χ1n) is 7.96. The lowest BCUT2D eigenvalue weighted by molar-refractivity contribution is -0.154. The highest BCUT2D eigenvalue weighted by molar-refractivity contribution is 6.33. The van der Waals surface area contributed by atoms with Crippen LogP contribution in [0.15, 0.2) is 42.6 Å². The van der Waals surface area contributed by atoms with E-state index >= 15 is 0 Å². The molecule has 27 heavy (non-hydrogen) atoms. The number of nitrogens with zero attached hydrogens (tertiary/aromatic N) is 1. The summed E-state index contributed by atoms with van der Waals surface area (Å²) in [4.78, 5) is 40.3. The van der Waals surface area contributed by atoms with Gasteiger partial charge in [-0.3, -0.25) is 9.59 Å². The van der Waals surface area contributed by atoms with E-state index in [0.29, 0.717) is 5.02 Å². The van der Waals surface area contributed by atoms with Crippen molar-refractivity contribution in [3.05, 3.63) is 58.2 Å². The molecule has 0 aliphatic heterocycles. The maximum Gasteiger partial charge on any atom is 0.329 e. The molecule has 0 bridgehead atoms. The standard InChI is InChI=1S/C18H17Cl2N3O4/c1-10(22-17(25)13-5-3-4-6-14(13)20)18(26)27-11(2)16(24)23-15-8-7-12(19)9-21-15/h3-11H,1-2H3,(H,22,25)(H,21,23,24)/t10-,11-/m0/s1.